The van der Waals surface area contributed by atoms with Crippen LogP contribution in [0.5, 0.6) is 0 Å². The van der Waals surface area contributed by atoms with Crippen molar-refractivity contribution in [2.24, 2.45) is 5.92 Å². The first-order chi connectivity index (χ1) is 6.63. The maximum Gasteiger partial charge on any atom is 0.0901 e. The highest BCUT2D eigenvalue weighted by Crippen LogP contribution is 2.18. The first-order valence-corrected chi connectivity index (χ1v) is 5.72. The molecule has 1 atom stereocenters. The normalized spacial score (nSPS) is 14.1. The minimum atomic E-state index is 0. The monoisotopic (exact) mass is 209 g/mol. The molecule has 0 amide bonds. The molecular weight excluding hydrogens is 190 g/mol. The van der Waals surface area contributed by atoms with Crippen LogP contribution in [0.3, 0.4) is 0 Å². The molecule has 0 aromatic carbocycles. The standard InChI is InChI=1S/C12H17NS.H2/c1-5-6-9(2)10(3)7-12-8-14-11(4)13-12;/h5,7-9H,1,6H2,2-4H3;1H/b10-7+;/t9-;/m0./s1. The van der Waals surface area contributed by atoms with Crippen LogP contribution >= 0.6 is 11.3 Å². The molecule has 1 aromatic rings. The van der Waals surface area contributed by atoms with E-state index in [1.54, 1.807) is 11.3 Å². The third kappa shape index (κ3) is 3.11. The van der Waals surface area contributed by atoms with E-state index >= 15 is 0 Å². The summed E-state index contributed by atoms with van der Waals surface area (Å²) in [6.07, 6.45) is 5.16. The van der Waals surface area contributed by atoms with E-state index in [-0.39, 0.29) is 1.43 Å². The van der Waals surface area contributed by atoms with Crippen LogP contribution in [0.1, 0.15) is 32.4 Å². The van der Waals surface area contributed by atoms with E-state index in [0.717, 1.165) is 17.1 Å². The van der Waals surface area contributed by atoms with E-state index in [0.29, 0.717) is 5.92 Å². The van der Waals surface area contributed by atoms with Crippen molar-refractivity contribution >= 4 is 17.4 Å². The first kappa shape index (κ1) is 11.2. The van der Waals surface area contributed by atoms with Crippen LogP contribution in [0.15, 0.2) is 23.6 Å². The topological polar surface area (TPSA) is 12.9 Å². The highest BCUT2D eigenvalue weighted by atomic mass is 32.1. The number of aromatic nitrogens is 1. The Bertz CT molecular complexity index is 341. The number of hydrogen-bond donors (Lipinski definition) is 0. The molecule has 1 heterocycles. The lowest BCUT2D eigenvalue weighted by Crippen LogP contribution is -1.93. The zero-order valence-electron chi connectivity index (χ0n) is 9.08. The zero-order valence-corrected chi connectivity index (χ0v) is 9.90. The molecule has 1 aromatic heterocycles. The molecular formula is C12H19NS. The van der Waals surface area contributed by atoms with Crippen LogP contribution < -0.4 is 0 Å². The molecule has 0 fully saturated rings. The van der Waals surface area contributed by atoms with Crippen molar-refractivity contribution in [1.82, 2.24) is 4.98 Å². The molecule has 0 radical (unpaired) electrons. The van der Waals surface area contributed by atoms with Gasteiger partial charge < -0.3 is 0 Å². The van der Waals surface area contributed by atoms with E-state index in [1.165, 1.54) is 5.57 Å². The summed E-state index contributed by atoms with van der Waals surface area (Å²) in [5.41, 5.74) is 2.45. The van der Waals surface area contributed by atoms with Crippen molar-refractivity contribution in [2.75, 3.05) is 0 Å². The summed E-state index contributed by atoms with van der Waals surface area (Å²) in [5.74, 6) is 0.564. The molecule has 78 valence electrons. The summed E-state index contributed by atoms with van der Waals surface area (Å²) in [7, 11) is 0. The lowest BCUT2D eigenvalue weighted by molar-refractivity contribution is 0.701. The highest BCUT2D eigenvalue weighted by Gasteiger charge is 2.02. The number of allylic oxidation sites excluding steroid dienone is 2. The molecule has 0 aliphatic heterocycles. The van der Waals surface area contributed by atoms with Crippen molar-refractivity contribution in [3.8, 4) is 0 Å². The first-order valence-electron chi connectivity index (χ1n) is 4.84. The summed E-state index contributed by atoms with van der Waals surface area (Å²) in [5, 5.41) is 3.22. The lowest BCUT2D eigenvalue weighted by Gasteiger charge is -2.08. The Kier molecular flexibility index (Phi) is 4.08. The smallest absolute Gasteiger partial charge is 0.0901 e. The van der Waals surface area contributed by atoms with Crippen molar-refractivity contribution in [3.63, 3.8) is 0 Å². The molecule has 0 aliphatic carbocycles. The zero-order chi connectivity index (χ0) is 10.6. The summed E-state index contributed by atoms with van der Waals surface area (Å²) in [6.45, 7) is 10.2. The second-order valence-corrected chi connectivity index (χ2v) is 4.67. The molecule has 0 N–H and O–H groups in total. The Labute approximate surface area is 91.7 Å². The van der Waals surface area contributed by atoms with Crippen LogP contribution in [0.2, 0.25) is 0 Å². The van der Waals surface area contributed by atoms with Gasteiger partial charge in [0.1, 0.15) is 0 Å². The molecule has 14 heavy (non-hydrogen) atoms. The van der Waals surface area contributed by atoms with Crippen molar-refractivity contribution in [1.29, 1.82) is 0 Å². The predicted octanol–water partition coefficient (Wildman–Crippen LogP) is 4.31. The van der Waals surface area contributed by atoms with Gasteiger partial charge in [0.05, 0.1) is 10.7 Å². The Morgan fingerprint density at radius 1 is 1.79 bits per heavy atom. The highest BCUT2D eigenvalue weighted by molar-refractivity contribution is 7.09. The summed E-state index contributed by atoms with van der Waals surface area (Å²) in [6, 6.07) is 0. The summed E-state index contributed by atoms with van der Waals surface area (Å²) >= 11 is 1.70. The molecule has 1 nitrogen and oxygen atoms in total. The molecule has 0 saturated carbocycles. The molecule has 0 spiro atoms. The third-order valence-electron chi connectivity index (χ3n) is 2.31. The van der Waals surface area contributed by atoms with E-state index in [1.807, 2.05) is 13.0 Å². The van der Waals surface area contributed by atoms with Gasteiger partial charge in [0, 0.05) is 6.81 Å². The van der Waals surface area contributed by atoms with Crippen molar-refractivity contribution in [2.45, 2.75) is 27.2 Å². The fraction of sp³-hybridized carbons (Fsp3) is 0.417. The number of rotatable bonds is 4. The van der Waals surface area contributed by atoms with Crippen molar-refractivity contribution in [3.05, 3.63) is 34.3 Å². The Balaban J connectivity index is 0.00000196. The second-order valence-electron chi connectivity index (χ2n) is 3.61. The third-order valence-corrected chi connectivity index (χ3v) is 3.10. The van der Waals surface area contributed by atoms with Gasteiger partial charge in [-0.3, -0.25) is 0 Å². The molecule has 0 saturated heterocycles. The van der Waals surface area contributed by atoms with Gasteiger partial charge in [-0.15, -0.1) is 17.9 Å². The average Bonchev–Trinajstić information content (AvgIpc) is 2.51. The lowest BCUT2D eigenvalue weighted by atomic mass is 9.98. The van der Waals surface area contributed by atoms with Gasteiger partial charge >= 0.3 is 0 Å². The average molecular weight is 209 g/mol. The van der Waals surface area contributed by atoms with Crippen LogP contribution in [-0.2, 0) is 0 Å². The largest absolute Gasteiger partial charge is 0.242 e. The van der Waals surface area contributed by atoms with E-state index in [2.05, 4.69) is 36.9 Å². The van der Waals surface area contributed by atoms with Gasteiger partial charge in [-0.2, -0.15) is 0 Å². The van der Waals surface area contributed by atoms with Gasteiger partial charge in [-0.05, 0) is 32.3 Å². The van der Waals surface area contributed by atoms with Crippen LogP contribution in [0, 0.1) is 12.8 Å². The SMILES string of the molecule is C=CC[C@H](C)/C(C)=C/c1csc(C)n1.[HH]. The summed E-state index contributed by atoms with van der Waals surface area (Å²) in [4.78, 5) is 4.41. The summed E-state index contributed by atoms with van der Waals surface area (Å²) < 4.78 is 0. The molecule has 0 aliphatic rings. The number of aryl methyl sites for hydroxylation is 1. The minimum Gasteiger partial charge on any atom is -0.242 e. The van der Waals surface area contributed by atoms with Crippen molar-refractivity contribution < 1.29 is 1.43 Å². The number of nitrogens with zero attached hydrogens (tertiary/aromatic N) is 1. The number of hydrogen-bond acceptors (Lipinski definition) is 2. The number of thiazole rings is 1. The van der Waals surface area contributed by atoms with E-state index in [9.17, 15) is 0 Å². The minimum absolute atomic E-state index is 0. The van der Waals surface area contributed by atoms with Gasteiger partial charge in [-0.25, -0.2) is 4.98 Å². The predicted molar refractivity (Wildman–Crippen MR) is 66.6 cm³/mol. The van der Waals surface area contributed by atoms with E-state index in [4.69, 9.17) is 0 Å². The fourth-order valence-corrected chi connectivity index (χ4v) is 1.83. The molecule has 0 unspecified atom stereocenters. The van der Waals surface area contributed by atoms with E-state index < -0.39 is 0 Å². The molecule has 0 bridgehead atoms. The van der Waals surface area contributed by atoms with Gasteiger partial charge in [-0.1, -0.05) is 18.6 Å². The van der Waals surface area contributed by atoms with Crippen LogP contribution in [0.25, 0.3) is 6.08 Å². The van der Waals surface area contributed by atoms with Gasteiger partial charge in [0.25, 0.3) is 0 Å². The molecule has 1 rings (SSSR count). The maximum atomic E-state index is 4.41. The van der Waals surface area contributed by atoms with Crippen LogP contribution in [-0.4, -0.2) is 4.98 Å². The van der Waals surface area contributed by atoms with Gasteiger partial charge in [0.15, 0.2) is 0 Å². The quantitative estimate of drug-likeness (QED) is 0.673. The Hall–Kier alpha value is -0.890. The second kappa shape index (κ2) is 5.11. The molecule has 2 heteroatoms. The van der Waals surface area contributed by atoms with Gasteiger partial charge in [0.2, 0.25) is 0 Å². The Morgan fingerprint density at radius 2 is 2.50 bits per heavy atom. The Morgan fingerprint density at radius 3 is 3.00 bits per heavy atom. The fourth-order valence-electron chi connectivity index (χ4n) is 1.26. The van der Waals surface area contributed by atoms with Crippen LogP contribution in [0.4, 0.5) is 0 Å². The maximum absolute atomic E-state index is 4.41.